The van der Waals surface area contributed by atoms with Crippen LogP contribution in [-0.4, -0.2) is 30.4 Å². The molecule has 136 valence electrons. The van der Waals surface area contributed by atoms with E-state index >= 15 is 0 Å². The zero-order chi connectivity index (χ0) is 18.7. The van der Waals surface area contributed by atoms with E-state index in [1.165, 1.54) is 34.4 Å². The summed E-state index contributed by atoms with van der Waals surface area (Å²) >= 11 is 1.37. The molecule has 0 spiro atoms. The number of nitrogens with one attached hydrogen (secondary N) is 1. The fourth-order valence-electron chi connectivity index (χ4n) is 2.41. The molecule has 26 heavy (non-hydrogen) atoms. The first kappa shape index (κ1) is 18.2. The van der Waals surface area contributed by atoms with Crippen molar-refractivity contribution in [1.29, 1.82) is 0 Å². The molecule has 0 saturated carbocycles. The molecule has 0 radical (unpaired) electrons. The van der Waals surface area contributed by atoms with Crippen molar-refractivity contribution in [2.75, 3.05) is 6.54 Å². The van der Waals surface area contributed by atoms with Crippen molar-refractivity contribution in [3.63, 3.8) is 0 Å². The molecule has 1 aromatic carbocycles. The maximum Gasteiger partial charge on any atom is 0.262 e. The Morgan fingerprint density at radius 3 is 2.65 bits per heavy atom. The molecule has 10 heteroatoms. The molecule has 0 fully saturated rings. The van der Waals surface area contributed by atoms with Crippen LogP contribution in [0.15, 0.2) is 51.7 Å². The van der Waals surface area contributed by atoms with Crippen LogP contribution >= 0.6 is 11.3 Å². The lowest BCUT2D eigenvalue weighted by atomic mass is 10.1. The molecule has 3 N–H and O–H groups in total. The van der Waals surface area contributed by atoms with Crippen molar-refractivity contribution in [1.82, 2.24) is 14.9 Å². The molecule has 3 rings (SSSR count). The first-order valence-corrected chi connectivity index (χ1v) is 10.1. The van der Waals surface area contributed by atoms with Gasteiger partial charge in [-0.05, 0) is 35.6 Å². The van der Waals surface area contributed by atoms with E-state index in [1.54, 1.807) is 23.6 Å². The second-order valence-corrected chi connectivity index (χ2v) is 8.06. The van der Waals surface area contributed by atoms with Gasteiger partial charge < -0.3 is 5.32 Å². The van der Waals surface area contributed by atoms with Gasteiger partial charge in [0.2, 0.25) is 15.9 Å². The Morgan fingerprint density at radius 1 is 1.23 bits per heavy atom. The van der Waals surface area contributed by atoms with Gasteiger partial charge in [-0.1, -0.05) is 12.1 Å². The maximum absolute atomic E-state index is 12.2. The Kier molecular flexibility index (Phi) is 5.16. The zero-order valence-corrected chi connectivity index (χ0v) is 15.2. The molecule has 8 nitrogen and oxygen atoms in total. The maximum atomic E-state index is 12.2. The van der Waals surface area contributed by atoms with Crippen LogP contribution in [0.5, 0.6) is 0 Å². The number of hydrogen-bond acceptors (Lipinski definition) is 6. The second kappa shape index (κ2) is 7.36. The average molecular weight is 392 g/mol. The highest BCUT2D eigenvalue weighted by Crippen LogP contribution is 2.13. The van der Waals surface area contributed by atoms with Gasteiger partial charge in [0, 0.05) is 6.54 Å². The number of benzene rings is 1. The highest BCUT2D eigenvalue weighted by Gasteiger charge is 2.09. The quantitative estimate of drug-likeness (QED) is 0.631. The molecular formula is C16H16N4O4S2. The topological polar surface area (TPSA) is 124 Å². The summed E-state index contributed by atoms with van der Waals surface area (Å²) < 4.78 is 23.7. The van der Waals surface area contributed by atoms with Crippen molar-refractivity contribution in [3.8, 4) is 0 Å². The van der Waals surface area contributed by atoms with Crippen molar-refractivity contribution in [2.45, 2.75) is 17.9 Å². The van der Waals surface area contributed by atoms with Crippen molar-refractivity contribution >= 4 is 37.5 Å². The van der Waals surface area contributed by atoms with Crippen molar-refractivity contribution < 1.29 is 13.2 Å². The van der Waals surface area contributed by atoms with E-state index in [0.29, 0.717) is 23.2 Å². The lowest BCUT2D eigenvalue weighted by Gasteiger charge is -2.07. The number of hydrogen-bond donors (Lipinski definition) is 2. The van der Waals surface area contributed by atoms with Crippen molar-refractivity contribution in [3.05, 3.63) is 58.0 Å². The Bertz CT molecular complexity index is 1100. The van der Waals surface area contributed by atoms with E-state index in [9.17, 15) is 18.0 Å². The summed E-state index contributed by atoms with van der Waals surface area (Å²) in [5.41, 5.74) is 0.612. The standard InChI is InChI=1S/C16H16N4O4S2/c17-26(23,24)12-3-1-11(2-4-12)5-7-18-14(21)9-20-10-19-15-13(16(20)22)6-8-25-15/h1-4,6,8,10H,5,7,9H2,(H,18,21)(H2,17,23,24). The predicted octanol–water partition coefficient (Wildman–Crippen LogP) is 0.464. The first-order chi connectivity index (χ1) is 12.3. The van der Waals surface area contributed by atoms with Gasteiger partial charge in [-0.3, -0.25) is 14.2 Å². The lowest BCUT2D eigenvalue weighted by molar-refractivity contribution is -0.121. The Hall–Kier alpha value is -2.56. The number of nitrogens with two attached hydrogens (primary N) is 1. The summed E-state index contributed by atoms with van der Waals surface area (Å²) in [6.45, 7) is 0.248. The molecule has 0 unspecified atom stereocenters. The highest BCUT2D eigenvalue weighted by molar-refractivity contribution is 7.89. The van der Waals surface area contributed by atoms with E-state index in [2.05, 4.69) is 10.3 Å². The van der Waals surface area contributed by atoms with Gasteiger partial charge in [-0.2, -0.15) is 0 Å². The van der Waals surface area contributed by atoms with Crippen LogP contribution in [0.2, 0.25) is 0 Å². The SMILES string of the molecule is NS(=O)(=O)c1ccc(CCNC(=O)Cn2cnc3sccc3c2=O)cc1. The highest BCUT2D eigenvalue weighted by atomic mass is 32.2. The van der Waals surface area contributed by atoms with Gasteiger partial charge >= 0.3 is 0 Å². The molecule has 3 aromatic rings. The number of amides is 1. The smallest absolute Gasteiger partial charge is 0.262 e. The minimum Gasteiger partial charge on any atom is -0.354 e. The molecule has 0 aliphatic heterocycles. The number of rotatable bonds is 6. The Labute approximate surface area is 153 Å². The van der Waals surface area contributed by atoms with Gasteiger partial charge in [-0.15, -0.1) is 11.3 Å². The third-order valence-corrected chi connectivity index (χ3v) is 5.50. The van der Waals surface area contributed by atoms with Crippen LogP contribution < -0.4 is 16.0 Å². The normalized spacial score (nSPS) is 11.6. The van der Waals surface area contributed by atoms with Crippen LogP contribution in [0.25, 0.3) is 10.2 Å². The third kappa shape index (κ3) is 4.15. The average Bonchev–Trinajstić information content (AvgIpc) is 3.07. The summed E-state index contributed by atoms with van der Waals surface area (Å²) in [5, 5.41) is 10.1. The number of sulfonamides is 1. The number of aromatic nitrogens is 2. The van der Waals surface area contributed by atoms with E-state index in [4.69, 9.17) is 5.14 Å². The van der Waals surface area contributed by atoms with Crippen LogP contribution in [0.4, 0.5) is 0 Å². The van der Waals surface area contributed by atoms with Gasteiger partial charge in [0.25, 0.3) is 5.56 Å². The van der Waals surface area contributed by atoms with Gasteiger partial charge in [0.05, 0.1) is 16.6 Å². The molecule has 0 saturated heterocycles. The number of fused-ring (bicyclic) bond motifs is 1. The summed E-state index contributed by atoms with van der Waals surface area (Å²) in [5.74, 6) is -0.301. The fourth-order valence-corrected chi connectivity index (χ4v) is 3.65. The number of carbonyl (C=O) groups excluding carboxylic acids is 1. The lowest BCUT2D eigenvalue weighted by Crippen LogP contribution is -2.33. The first-order valence-electron chi connectivity index (χ1n) is 7.66. The fraction of sp³-hybridized carbons (Fsp3) is 0.188. The minimum absolute atomic E-state index is 0.0426. The monoisotopic (exact) mass is 392 g/mol. The Morgan fingerprint density at radius 2 is 1.96 bits per heavy atom. The Balaban J connectivity index is 1.55. The molecular weight excluding hydrogens is 376 g/mol. The van der Waals surface area contributed by atoms with Crippen LogP contribution in [-0.2, 0) is 27.8 Å². The predicted molar refractivity (Wildman–Crippen MR) is 98.4 cm³/mol. The van der Waals surface area contributed by atoms with Crippen molar-refractivity contribution in [2.24, 2.45) is 5.14 Å². The molecule has 0 aliphatic rings. The van der Waals surface area contributed by atoms with Crippen LogP contribution in [0, 0.1) is 0 Å². The molecule has 0 atom stereocenters. The van der Waals surface area contributed by atoms with E-state index in [0.717, 1.165) is 5.56 Å². The number of thiophene rings is 1. The summed E-state index contributed by atoms with van der Waals surface area (Å²) in [4.78, 5) is 29.1. The molecule has 0 aliphatic carbocycles. The van der Waals surface area contributed by atoms with Gasteiger partial charge in [0.1, 0.15) is 11.4 Å². The van der Waals surface area contributed by atoms with Gasteiger partial charge in [-0.25, -0.2) is 18.5 Å². The summed E-state index contributed by atoms with van der Waals surface area (Å²) in [7, 11) is -3.71. The van der Waals surface area contributed by atoms with E-state index < -0.39 is 10.0 Å². The van der Waals surface area contributed by atoms with Gasteiger partial charge in [0.15, 0.2) is 0 Å². The van der Waals surface area contributed by atoms with E-state index in [1.807, 2.05) is 0 Å². The molecule has 0 bridgehead atoms. The number of primary sulfonamides is 1. The van der Waals surface area contributed by atoms with Crippen LogP contribution in [0.1, 0.15) is 5.56 Å². The molecule has 1 amide bonds. The number of nitrogens with zero attached hydrogens (tertiary/aromatic N) is 2. The second-order valence-electron chi connectivity index (χ2n) is 5.61. The number of carbonyl (C=O) groups is 1. The minimum atomic E-state index is -3.71. The third-order valence-electron chi connectivity index (χ3n) is 3.75. The van der Waals surface area contributed by atoms with Crippen LogP contribution in [0.3, 0.4) is 0 Å². The zero-order valence-electron chi connectivity index (χ0n) is 13.6. The summed E-state index contributed by atoms with van der Waals surface area (Å²) in [6.07, 6.45) is 1.89. The van der Waals surface area contributed by atoms with E-state index in [-0.39, 0.29) is 22.9 Å². The largest absolute Gasteiger partial charge is 0.354 e. The molecule has 2 aromatic heterocycles. The summed E-state index contributed by atoms with van der Waals surface area (Å²) in [6, 6.07) is 7.83. The molecule has 2 heterocycles.